The molecule has 2 rings (SSSR count). The predicted octanol–water partition coefficient (Wildman–Crippen LogP) is 2.97. The van der Waals surface area contributed by atoms with E-state index >= 15 is 0 Å². The molecule has 16 heavy (non-hydrogen) atoms. The highest BCUT2D eigenvalue weighted by atomic mass is 35.5. The monoisotopic (exact) mass is 255 g/mol. The first-order valence-electron chi connectivity index (χ1n) is 5.04. The van der Waals surface area contributed by atoms with Gasteiger partial charge in [0.1, 0.15) is 0 Å². The molecule has 2 nitrogen and oxygen atoms in total. The Morgan fingerprint density at radius 1 is 1.50 bits per heavy atom. The number of nitrogens with zero attached hydrogens (tertiary/aromatic N) is 1. The van der Waals surface area contributed by atoms with Crippen molar-refractivity contribution in [1.82, 2.24) is 4.90 Å². The van der Waals surface area contributed by atoms with Crippen LogP contribution in [0.15, 0.2) is 24.3 Å². The van der Waals surface area contributed by atoms with E-state index in [0.29, 0.717) is 6.42 Å². The molecular weight excluding hydrogens is 245 g/mol. The maximum Gasteiger partial charge on any atom is 0.257 e. The smallest absolute Gasteiger partial charge is 0.257 e. The Morgan fingerprint density at radius 3 is 2.88 bits per heavy atom. The maximum atomic E-state index is 11.7. The molecule has 1 aliphatic rings. The summed E-state index contributed by atoms with van der Waals surface area (Å²) in [6.07, 6.45) is 0.618. The summed E-state index contributed by atoms with van der Waals surface area (Å²) >= 11 is 11.2. The average molecular weight is 256 g/mol. The van der Waals surface area contributed by atoms with Crippen molar-refractivity contribution in [3.05, 3.63) is 41.9 Å². The largest absolute Gasteiger partial charge is 0.323 e. The van der Waals surface area contributed by atoms with Crippen molar-refractivity contribution in [2.45, 2.75) is 24.2 Å². The minimum absolute atomic E-state index is 0.0579. The first-order chi connectivity index (χ1) is 7.61. The Labute approximate surface area is 105 Å². The highest BCUT2D eigenvalue weighted by molar-refractivity contribution is 6.53. The van der Waals surface area contributed by atoms with Gasteiger partial charge in [-0.15, -0.1) is 0 Å². The third-order valence-electron chi connectivity index (χ3n) is 2.76. The molecule has 84 valence electrons. The van der Waals surface area contributed by atoms with Crippen molar-refractivity contribution in [2.24, 2.45) is 0 Å². The van der Waals surface area contributed by atoms with Crippen molar-refractivity contribution in [2.75, 3.05) is 0 Å². The highest BCUT2D eigenvalue weighted by Crippen LogP contribution is 2.32. The minimum Gasteiger partial charge on any atom is -0.323 e. The zero-order chi connectivity index (χ0) is 11.7. The van der Waals surface area contributed by atoms with Crippen molar-refractivity contribution in [3.63, 3.8) is 0 Å². The zero-order valence-corrected chi connectivity index (χ0v) is 10.3. The maximum absolute atomic E-state index is 11.7. The number of benzene rings is 1. The second kappa shape index (κ2) is 4.64. The van der Waals surface area contributed by atoms with Crippen LogP contribution in [0.1, 0.15) is 24.1 Å². The lowest BCUT2D eigenvalue weighted by molar-refractivity contribution is -0.130. The van der Waals surface area contributed by atoms with Crippen LogP contribution in [-0.2, 0) is 11.2 Å². The van der Waals surface area contributed by atoms with Gasteiger partial charge in [-0.05, 0) is 18.1 Å². The number of fused-ring (bicyclic) bond motifs is 1. The van der Waals surface area contributed by atoms with Gasteiger partial charge in [-0.25, -0.2) is 0 Å². The third kappa shape index (κ3) is 2.04. The van der Waals surface area contributed by atoms with Crippen LogP contribution >= 0.6 is 23.2 Å². The molecule has 1 amide bonds. The summed E-state index contributed by atoms with van der Waals surface area (Å²) in [5.74, 6) is -0.315. The van der Waals surface area contributed by atoms with Crippen LogP contribution in [0.25, 0.3) is 0 Å². The number of carbonyl (C=O) groups is 1. The molecule has 1 aromatic rings. The Kier molecular flexibility index (Phi) is 3.41. The fraction of sp³-hybridized carbons (Fsp3) is 0.333. The zero-order valence-electron chi connectivity index (χ0n) is 8.78. The highest BCUT2D eigenvalue weighted by Gasteiger charge is 2.30. The summed E-state index contributed by atoms with van der Waals surface area (Å²) < 4.78 is 0. The molecule has 0 saturated carbocycles. The summed E-state index contributed by atoms with van der Waals surface area (Å²) in [6.45, 7) is 4.96. The topological polar surface area (TPSA) is 20.3 Å². The Bertz CT molecular complexity index is 406. The molecule has 1 aromatic carbocycles. The van der Waals surface area contributed by atoms with E-state index in [1.807, 2.05) is 31.2 Å². The van der Waals surface area contributed by atoms with Gasteiger partial charge in [-0.1, -0.05) is 47.5 Å². The molecule has 0 aliphatic carbocycles. The second-order valence-electron chi connectivity index (χ2n) is 3.72. The van der Waals surface area contributed by atoms with Crippen LogP contribution in [0.3, 0.4) is 0 Å². The standard InChI is InChI=1S/C12H11Cl2NO/c1-8-10-5-3-2-4-9(10)6-7-15(8)12(16)11(13)14/h2-5,8,11H,6H2,1H3. The lowest BCUT2D eigenvalue weighted by Gasteiger charge is -2.34. The van der Waals surface area contributed by atoms with Crippen molar-refractivity contribution in [3.8, 4) is 0 Å². The van der Waals surface area contributed by atoms with E-state index in [4.69, 9.17) is 23.2 Å². The Hall–Kier alpha value is -0.730. The fourth-order valence-corrected chi connectivity index (χ4v) is 2.13. The van der Waals surface area contributed by atoms with Crippen LogP contribution in [0.4, 0.5) is 0 Å². The number of halogens is 2. The summed E-state index contributed by atoms with van der Waals surface area (Å²) in [7, 11) is 0. The fourth-order valence-electron chi connectivity index (χ4n) is 1.92. The van der Waals surface area contributed by atoms with Crippen LogP contribution in [-0.4, -0.2) is 15.6 Å². The summed E-state index contributed by atoms with van der Waals surface area (Å²) in [5.41, 5.74) is 2.32. The molecule has 1 aliphatic heterocycles. The summed E-state index contributed by atoms with van der Waals surface area (Å²) in [5, 5.41) is 0. The van der Waals surface area contributed by atoms with Crippen LogP contribution in [0.5, 0.6) is 0 Å². The molecule has 0 bridgehead atoms. The molecule has 0 aromatic heterocycles. The van der Waals surface area contributed by atoms with E-state index in [1.54, 1.807) is 0 Å². The number of amides is 1. The van der Waals surface area contributed by atoms with Gasteiger partial charge in [0.05, 0.1) is 12.6 Å². The molecule has 0 fully saturated rings. The van der Waals surface area contributed by atoms with Crippen LogP contribution in [0.2, 0.25) is 0 Å². The Morgan fingerprint density at radius 2 is 2.19 bits per heavy atom. The van der Waals surface area contributed by atoms with Gasteiger partial charge in [0.25, 0.3) is 5.91 Å². The van der Waals surface area contributed by atoms with Gasteiger partial charge >= 0.3 is 0 Å². The van der Waals surface area contributed by atoms with E-state index < -0.39 is 4.84 Å². The van der Waals surface area contributed by atoms with E-state index in [1.165, 1.54) is 10.5 Å². The molecule has 0 N–H and O–H groups in total. The normalized spacial score (nSPS) is 19.8. The first kappa shape index (κ1) is 11.7. The minimum atomic E-state index is -1.03. The Balaban J connectivity index is 2.28. The predicted molar refractivity (Wildman–Crippen MR) is 64.1 cm³/mol. The lowest BCUT2D eigenvalue weighted by atomic mass is 9.94. The molecule has 1 heterocycles. The average Bonchev–Trinajstić information content (AvgIpc) is 2.29. The number of hydrogen-bond acceptors (Lipinski definition) is 1. The third-order valence-corrected chi connectivity index (χ3v) is 3.13. The molecular formula is C12H11Cl2NO. The van der Waals surface area contributed by atoms with Gasteiger partial charge in [0.2, 0.25) is 0 Å². The van der Waals surface area contributed by atoms with Crippen LogP contribution < -0.4 is 0 Å². The van der Waals surface area contributed by atoms with E-state index in [2.05, 4.69) is 6.54 Å². The van der Waals surface area contributed by atoms with E-state index in [-0.39, 0.29) is 11.9 Å². The quantitative estimate of drug-likeness (QED) is 0.707. The van der Waals surface area contributed by atoms with Gasteiger partial charge in [0.15, 0.2) is 4.84 Å². The van der Waals surface area contributed by atoms with Gasteiger partial charge in [-0.3, -0.25) is 4.79 Å². The molecule has 2 radical (unpaired) electrons. The molecule has 1 unspecified atom stereocenters. The number of carbonyl (C=O) groups excluding carboxylic acids is 1. The van der Waals surface area contributed by atoms with Gasteiger partial charge < -0.3 is 4.90 Å². The van der Waals surface area contributed by atoms with E-state index in [9.17, 15) is 4.79 Å². The SMILES string of the molecule is CC1c2ccccc2C[C]N1C(=O)C(Cl)Cl. The van der Waals surface area contributed by atoms with Crippen molar-refractivity contribution in [1.29, 1.82) is 0 Å². The number of hydrogen-bond donors (Lipinski definition) is 0. The van der Waals surface area contributed by atoms with E-state index in [0.717, 1.165) is 5.56 Å². The molecule has 0 spiro atoms. The molecule has 1 atom stereocenters. The first-order valence-corrected chi connectivity index (χ1v) is 5.91. The molecule has 4 heteroatoms. The lowest BCUT2D eigenvalue weighted by Crippen LogP contribution is -2.38. The molecule has 0 saturated heterocycles. The number of alkyl halides is 2. The van der Waals surface area contributed by atoms with Crippen LogP contribution in [0, 0.1) is 6.54 Å². The summed E-state index contributed by atoms with van der Waals surface area (Å²) in [4.78, 5) is 12.2. The van der Waals surface area contributed by atoms with Crippen molar-refractivity contribution >= 4 is 29.1 Å². The van der Waals surface area contributed by atoms with Gasteiger partial charge in [-0.2, -0.15) is 0 Å². The summed E-state index contributed by atoms with van der Waals surface area (Å²) in [6, 6.07) is 7.94. The number of rotatable bonds is 1. The van der Waals surface area contributed by atoms with Gasteiger partial charge in [0, 0.05) is 6.42 Å². The van der Waals surface area contributed by atoms with Crippen molar-refractivity contribution < 1.29 is 4.79 Å². The second-order valence-corrected chi connectivity index (χ2v) is 4.81.